The Labute approximate surface area is 112 Å². The molecule has 19 heavy (non-hydrogen) atoms. The van der Waals surface area contributed by atoms with Crippen molar-refractivity contribution in [1.29, 1.82) is 0 Å². The highest BCUT2D eigenvalue weighted by Crippen LogP contribution is 2.32. The van der Waals surface area contributed by atoms with Crippen LogP contribution < -0.4 is 0 Å². The molecular formula is C15H17NO3. The van der Waals surface area contributed by atoms with E-state index in [1.54, 1.807) is 0 Å². The predicted molar refractivity (Wildman–Crippen MR) is 70.2 cm³/mol. The van der Waals surface area contributed by atoms with E-state index < -0.39 is 11.5 Å². The summed E-state index contributed by atoms with van der Waals surface area (Å²) in [6, 6.07) is 9.48. The molecule has 0 atom stereocenters. The minimum Gasteiger partial charge on any atom is -0.459 e. The van der Waals surface area contributed by atoms with E-state index in [2.05, 4.69) is 4.99 Å². The first kappa shape index (κ1) is 13.5. The van der Waals surface area contributed by atoms with Crippen molar-refractivity contribution in [3.8, 4) is 0 Å². The van der Waals surface area contributed by atoms with E-state index >= 15 is 0 Å². The molecule has 0 spiro atoms. The maximum Gasteiger partial charge on any atom is 0.335 e. The normalized spacial score (nSPS) is 17.3. The van der Waals surface area contributed by atoms with Gasteiger partial charge in [0.25, 0.3) is 0 Å². The van der Waals surface area contributed by atoms with E-state index in [4.69, 9.17) is 4.74 Å². The zero-order valence-electron chi connectivity index (χ0n) is 10.8. The summed E-state index contributed by atoms with van der Waals surface area (Å²) in [5, 5.41) is 0. The molecule has 0 aliphatic heterocycles. The molecule has 0 unspecified atom stereocenters. The summed E-state index contributed by atoms with van der Waals surface area (Å²) in [6.45, 7) is 0.218. The van der Waals surface area contributed by atoms with Crippen LogP contribution in [-0.4, -0.2) is 17.6 Å². The molecule has 4 heteroatoms. The smallest absolute Gasteiger partial charge is 0.335 e. The SMILES string of the molecule is O=C=NC1(C(=O)OCc2ccccc2)CCCCC1. The van der Waals surface area contributed by atoms with Gasteiger partial charge in [-0.2, -0.15) is 4.99 Å². The summed E-state index contributed by atoms with van der Waals surface area (Å²) < 4.78 is 5.31. The van der Waals surface area contributed by atoms with Crippen molar-refractivity contribution in [2.45, 2.75) is 44.2 Å². The summed E-state index contributed by atoms with van der Waals surface area (Å²) in [4.78, 5) is 26.5. The average Bonchev–Trinajstić information content (AvgIpc) is 2.47. The third kappa shape index (κ3) is 3.30. The highest BCUT2D eigenvalue weighted by atomic mass is 16.5. The van der Waals surface area contributed by atoms with E-state index in [0.29, 0.717) is 12.8 Å². The third-order valence-corrected chi connectivity index (χ3v) is 3.53. The van der Waals surface area contributed by atoms with Gasteiger partial charge >= 0.3 is 5.97 Å². The second kappa shape index (κ2) is 6.30. The number of hydrogen-bond acceptors (Lipinski definition) is 4. The molecule has 1 fully saturated rings. The second-order valence-electron chi connectivity index (χ2n) is 4.86. The highest BCUT2D eigenvalue weighted by molar-refractivity contribution is 5.82. The number of esters is 1. The Balaban J connectivity index is 2.02. The van der Waals surface area contributed by atoms with Crippen LogP contribution in [-0.2, 0) is 20.9 Å². The van der Waals surface area contributed by atoms with Crippen LogP contribution in [0.1, 0.15) is 37.7 Å². The van der Waals surface area contributed by atoms with Crippen molar-refractivity contribution in [1.82, 2.24) is 0 Å². The van der Waals surface area contributed by atoms with E-state index in [1.165, 1.54) is 6.08 Å². The second-order valence-corrected chi connectivity index (χ2v) is 4.86. The Hall–Kier alpha value is -1.93. The van der Waals surface area contributed by atoms with Crippen LogP contribution in [0.25, 0.3) is 0 Å². The van der Waals surface area contributed by atoms with Gasteiger partial charge in [-0.1, -0.05) is 49.6 Å². The molecule has 0 radical (unpaired) electrons. The van der Waals surface area contributed by atoms with Crippen molar-refractivity contribution in [2.24, 2.45) is 4.99 Å². The van der Waals surface area contributed by atoms with Crippen molar-refractivity contribution < 1.29 is 14.3 Å². The number of benzene rings is 1. The summed E-state index contributed by atoms with van der Waals surface area (Å²) in [5.74, 6) is -0.403. The van der Waals surface area contributed by atoms with E-state index in [0.717, 1.165) is 24.8 Å². The monoisotopic (exact) mass is 259 g/mol. The third-order valence-electron chi connectivity index (χ3n) is 3.53. The quantitative estimate of drug-likeness (QED) is 0.474. The first-order valence-corrected chi connectivity index (χ1v) is 6.57. The lowest BCUT2D eigenvalue weighted by Crippen LogP contribution is -2.40. The van der Waals surface area contributed by atoms with Crippen LogP contribution in [0.15, 0.2) is 35.3 Å². The molecule has 0 aromatic heterocycles. The summed E-state index contributed by atoms with van der Waals surface area (Å²) in [6.07, 6.45) is 5.55. The fourth-order valence-corrected chi connectivity index (χ4v) is 2.44. The topological polar surface area (TPSA) is 55.7 Å². The van der Waals surface area contributed by atoms with E-state index in [1.807, 2.05) is 30.3 Å². The first-order chi connectivity index (χ1) is 9.27. The number of rotatable bonds is 4. The van der Waals surface area contributed by atoms with E-state index in [9.17, 15) is 9.59 Å². The average molecular weight is 259 g/mol. The van der Waals surface area contributed by atoms with Crippen LogP contribution >= 0.6 is 0 Å². The van der Waals surface area contributed by atoms with Crippen LogP contribution in [0.5, 0.6) is 0 Å². The molecule has 1 aromatic rings. The lowest BCUT2D eigenvalue weighted by atomic mass is 9.82. The molecule has 0 heterocycles. The molecule has 4 nitrogen and oxygen atoms in total. The van der Waals surface area contributed by atoms with Crippen molar-refractivity contribution in [3.05, 3.63) is 35.9 Å². The van der Waals surface area contributed by atoms with Crippen LogP contribution in [0.2, 0.25) is 0 Å². The molecular weight excluding hydrogens is 242 g/mol. The summed E-state index contributed by atoms with van der Waals surface area (Å²) in [7, 11) is 0. The predicted octanol–water partition coefficient (Wildman–Crippen LogP) is 2.77. The van der Waals surface area contributed by atoms with Gasteiger partial charge in [-0.15, -0.1) is 0 Å². The largest absolute Gasteiger partial charge is 0.459 e. The lowest BCUT2D eigenvalue weighted by molar-refractivity contribution is -0.152. The van der Waals surface area contributed by atoms with Gasteiger partial charge in [-0.3, -0.25) is 0 Å². The Morgan fingerprint density at radius 2 is 1.89 bits per heavy atom. The molecule has 1 aliphatic rings. The van der Waals surface area contributed by atoms with E-state index in [-0.39, 0.29) is 6.61 Å². The maximum atomic E-state index is 12.2. The van der Waals surface area contributed by atoms with Crippen LogP contribution in [0.4, 0.5) is 0 Å². The van der Waals surface area contributed by atoms with Crippen LogP contribution in [0.3, 0.4) is 0 Å². The molecule has 1 aromatic carbocycles. The number of carbonyl (C=O) groups excluding carboxylic acids is 2. The number of carbonyl (C=O) groups is 1. The van der Waals surface area contributed by atoms with Gasteiger partial charge in [0.2, 0.25) is 6.08 Å². The Morgan fingerprint density at radius 3 is 2.53 bits per heavy atom. The number of hydrogen-bond donors (Lipinski definition) is 0. The number of ether oxygens (including phenoxy) is 1. The maximum absolute atomic E-state index is 12.2. The van der Waals surface area contributed by atoms with Gasteiger partial charge in [0.1, 0.15) is 6.61 Å². The fourth-order valence-electron chi connectivity index (χ4n) is 2.44. The zero-order valence-corrected chi connectivity index (χ0v) is 10.8. The zero-order chi connectivity index (χ0) is 13.6. The summed E-state index contributed by atoms with van der Waals surface area (Å²) in [5.41, 5.74) is -0.0636. The molecule has 2 rings (SSSR count). The highest BCUT2D eigenvalue weighted by Gasteiger charge is 2.41. The number of aliphatic imine (C=N–C) groups is 1. The van der Waals surface area contributed by atoms with Gasteiger partial charge < -0.3 is 4.74 Å². The Kier molecular flexibility index (Phi) is 4.48. The molecule has 0 saturated heterocycles. The van der Waals surface area contributed by atoms with Crippen molar-refractivity contribution >= 4 is 12.0 Å². The van der Waals surface area contributed by atoms with Crippen molar-refractivity contribution in [2.75, 3.05) is 0 Å². The Bertz CT molecular complexity index is 471. The minimum atomic E-state index is -0.991. The fraction of sp³-hybridized carbons (Fsp3) is 0.467. The van der Waals surface area contributed by atoms with Crippen molar-refractivity contribution in [3.63, 3.8) is 0 Å². The van der Waals surface area contributed by atoms with Crippen LogP contribution in [0, 0.1) is 0 Å². The molecule has 100 valence electrons. The lowest BCUT2D eigenvalue weighted by Gasteiger charge is -2.29. The molecule has 0 bridgehead atoms. The summed E-state index contributed by atoms with van der Waals surface area (Å²) >= 11 is 0. The van der Waals surface area contributed by atoms with Gasteiger partial charge in [-0.25, -0.2) is 9.59 Å². The molecule has 0 amide bonds. The standard InChI is InChI=1S/C15H17NO3/c17-12-16-15(9-5-2-6-10-15)14(18)19-11-13-7-3-1-4-8-13/h1,3-4,7-8H,2,5-6,9-11H2. The van der Waals surface area contributed by atoms with Gasteiger partial charge in [0.05, 0.1) is 0 Å². The van der Waals surface area contributed by atoms with Gasteiger partial charge in [-0.05, 0) is 18.4 Å². The molecule has 1 aliphatic carbocycles. The minimum absolute atomic E-state index is 0.218. The number of isocyanates is 1. The molecule has 0 N–H and O–H groups in total. The first-order valence-electron chi connectivity index (χ1n) is 6.57. The van der Waals surface area contributed by atoms with Gasteiger partial charge in [0.15, 0.2) is 5.54 Å². The van der Waals surface area contributed by atoms with Gasteiger partial charge in [0, 0.05) is 0 Å². The number of nitrogens with zero attached hydrogens (tertiary/aromatic N) is 1. The Morgan fingerprint density at radius 1 is 1.21 bits per heavy atom. The molecule has 1 saturated carbocycles.